The highest BCUT2D eigenvalue weighted by Gasteiger charge is 1.95. The van der Waals surface area contributed by atoms with E-state index in [-0.39, 0.29) is 0 Å². The van der Waals surface area contributed by atoms with Crippen LogP contribution in [0, 0.1) is 11.8 Å². The van der Waals surface area contributed by atoms with Gasteiger partial charge in [-0.15, -0.1) is 0 Å². The molecule has 0 aliphatic carbocycles. The van der Waals surface area contributed by atoms with Crippen LogP contribution in [0.2, 0.25) is 0 Å². The second kappa shape index (κ2) is 29.5. The number of unbranched alkanes of at least 4 members (excludes halogenated alkanes) is 14. The Balaban J connectivity index is 3.09. The van der Waals surface area contributed by atoms with Crippen LogP contribution in [0.1, 0.15) is 156 Å². The first kappa shape index (κ1) is 34.3. The molecule has 0 rings (SSSR count). The van der Waals surface area contributed by atoms with E-state index in [4.69, 9.17) is 0 Å². The third-order valence-electron chi connectivity index (χ3n) is 6.79. The minimum Gasteiger partial charge on any atom is -0.317 e. The Kier molecular flexibility index (Phi) is 28.9. The van der Waals surface area contributed by atoms with Crippen LogP contribution < -0.4 is 5.32 Å². The number of nitrogens with one attached hydrogen (secondary N) is 1. The van der Waals surface area contributed by atoms with E-state index in [1.54, 1.807) is 0 Å². The minimum atomic E-state index is 0.799. The third kappa shape index (κ3) is 33.3. The lowest BCUT2D eigenvalue weighted by Gasteiger charge is -2.05. The Morgan fingerprint density at radius 3 is 1.11 bits per heavy atom. The number of aliphatic imine (C=N–C) groups is 2. The quantitative estimate of drug-likeness (QED) is 0.0857. The molecular weight excluding hydrogens is 426 g/mol. The van der Waals surface area contributed by atoms with Crippen LogP contribution in [-0.2, 0) is 0 Å². The smallest absolute Gasteiger partial charge is 0.0385 e. The topological polar surface area (TPSA) is 36.8 Å². The lowest BCUT2D eigenvalue weighted by Crippen LogP contribution is -2.16. The fourth-order valence-corrected chi connectivity index (χ4v) is 4.33. The van der Waals surface area contributed by atoms with E-state index in [1.807, 2.05) is 0 Å². The second-order valence-corrected chi connectivity index (χ2v) is 11.5. The molecule has 208 valence electrons. The standard InChI is InChI=1S/C32H65N3/c1-31(2)23-21-29-34-27-19-15-11-7-5-9-13-17-25-33-26-18-14-10-6-8-12-16-20-28-35-30-22-24-32(3)4/h29-33H,5-28H2,1-4H3. The van der Waals surface area contributed by atoms with Crippen molar-refractivity contribution in [3.05, 3.63) is 0 Å². The van der Waals surface area contributed by atoms with E-state index in [0.717, 1.165) is 37.8 Å². The highest BCUT2D eigenvalue weighted by molar-refractivity contribution is 5.57. The SMILES string of the molecule is CC(C)CCC=NCCCCCCCCCCNCCCCCCCCCCN=CCCC(C)C. The summed E-state index contributed by atoms with van der Waals surface area (Å²) in [5.41, 5.74) is 0. The zero-order chi connectivity index (χ0) is 25.7. The molecule has 0 spiro atoms. The van der Waals surface area contributed by atoms with Gasteiger partial charge < -0.3 is 5.32 Å². The van der Waals surface area contributed by atoms with Gasteiger partial charge in [0.25, 0.3) is 0 Å². The van der Waals surface area contributed by atoms with E-state index in [1.165, 1.54) is 129 Å². The summed E-state index contributed by atoms with van der Waals surface area (Å²) in [6.45, 7) is 13.6. The third-order valence-corrected chi connectivity index (χ3v) is 6.79. The first-order valence-electron chi connectivity index (χ1n) is 15.8. The van der Waals surface area contributed by atoms with E-state index in [2.05, 4.69) is 55.4 Å². The maximum absolute atomic E-state index is 4.54. The second-order valence-electron chi connectivity index (χ2n) is 11.5. The molecular formula is C32H65N3. The van der Waals surface area contributed by atoms with Gasteiger partial charge in [0.1, 0.15) is 0 Å². The Hall–Kier alpha value is -0.700. The van der Waals surface area contributed by atoms with Crippen LogP contribution in [-0.4, -0.2) is 38.6 Å². The molecule has 0 radical (unpaired) electrons. The zero-order valence-corrected chi connectivity index (χ0v) is 24.7. The first-order chi connectivity index (χ1) is 17.1. The van der Waals surface area contributed by atoms with E-state index < -0.39 is 0 Å². The lowest BCUT2D eigenvalue weighted by molar-refractivity contribution is 0.530. The largest absolute Gasteiger partial charge is 0.317 e. The van der Waals surface area contributed by atoms with E-state index >= 15 is 0 Å². The zero-order valence-electron chi connectivity index (χ0n) is 24.7. The van der Waals surface area contributed by atoms with Gasteiger partial charge in [0.2, 0.25) is 0 Å². The monoisotopic (exact) mass is 492 g/mol. The summed E-state index contributed by atoms with van der Waals surface area (Å²) in [7, 11) is 0. The summed E-state index contributed by atoms with van der Waals surface area (Å²) in [6.07, 6.45) is 31.2. The van der Waals surface area contributed by atoms with Gasteiger partial charge in [0.05, 0.1) is 0 Å². The van der Waals surface area contributed by atoms with Crippen molar-refractivity contribution in [1.82, 2.24) is 5.32 Å². The molecule has 1 N–H and O–H groups in total. The van der Waals surface area contributed by atoms with Crippen molar-refractivity contribution >= 4 is 12.4 Å². The summed E-state index contributed by atoms with van der Waals surface area (Å²) < 4.78 is 0. The van der Waals surface area contributed by atoms with E-state index in [0.29, 0.717) is 0 Å². The molecule has 0 aromatic rings. The number of nitrogens with zero attached hydrogens (tertiary/aromatic N) is 2. The van der Waals surface area contributed by atoms with Crippen molar-refractivity contribution in [3.63, 3.8) is 0 Å². The maximum Gasteiger partial charge on any atom is 0.0385 e. The molecule has 0 fully saturated rings. The van der Waals surface area contributed by atoms with Crippen LogP contribution in [0.15, 0.2) is 9.98 Å². The van der Waals surface area contributed by atoms with Crippen molar-refractivity contribution in [3.8, 4) is 0 Å². The average molecular weight is 492 g/mol. The highest BCUT2D eigenvalue weighted by Crippen LogP contribution is 2.10. The Morgan fingerprint density at radius 1 is 0.457 bits per heavy atom. The molecule has 0 aliphatic heterocycles. The molecule has 0 aliphatic rings. The fourth-order valence-electron chi connectivity index (χ4n) is 4.33. The van der Waals surface area contributed by atoms with Crippen molar-refractivity contribution < 1.29 is 0 Å². The molecule has 0 bridgehead atoms. The Labute approximate surface area is 221 Å². The van der Waals surface area contributed by atoms with Gasteiger partial charge in [0, 0.05) is 13.1 Å². The first-order valence-corrected chi connectivity index (χ1v) is 15.8. The molecule has 0 aromatic heterocycles. The van der Waals surface area contributed by atoms with Gasteiger partial charge in [-0.1, -0.05) is 105 Å². The molecule has 3 nitrogen and oxygen atoms in total. The number of hydrogen-bond donors (Lipinski definition) is 1. The molecule has 0 heterocycles. The van der Waals surface area contributed by atoms with Gasteiger partial charge in [-0.3, -0.25) is 9.98 Å². The van der Waals surface area contributed by atoms with Gasteiger partial charge in [-0.2, -0.15) is 0 Å². The average Bonchev–Trinajstić information content (AvgIpc) is 2.82. The van der Waals surface area contributed by atoms with Crippen LogP contribution >= 0.6 is 0 Å². The molecule has 0 saturated heterocycles. The van der Waals surface area contributed by atoms with Crippen molar-refractivity contribution in [2.75, 3.05) is 26.2 Å². The molecule has 0 aromatic carbocycles. The van der Waals surface area contributed by atoms with Gasteiger partial charge in [0.15, 0.2) is 0 Å². The Bertz CT molecular complexity index is 402. The highest BCUT2D eigenvalue weighted by atomic mass is 14.8. The fraction of sp³-hybridized carbons (Fsp3) is 0.938. The molecule has 0 atom stereocenters. The summed E-state index contributed by atoms with van der Waals surface area (Å²) in [5.74, 6) is 1.60. The van der Waals surface area contributed by atoms with Crippen molar-refractivity contribution in [2.45, 2.75) is 156 Å². The van der Waals surface area contributed by atoms with Crippen LogP contribution in [0.3, 0.4) is 0 Å². The predicted octanol–water partition coefficient (Wildman–Crippen LogP) is 9.83. The number of rotatable bonds is 28. The lowest BCUT2D eigenvalue weighted by atomic mass is 10.1. The summed E-state index contributed by atoms with van der Waals surface area (Å²) >= 11 is 0. The molecule has 0 amide bonds. The van der Waals surface area contributed by atoms with Gasteiger partial charge in [-0.05, 0) is 88.7 Å². The molecule has 0 saturated carbocycles. The Morgan fingerprint density at radius 2 is 0.771 bits per heavy atom. The van der Waals surface area contributed by atoms with Gasteiger partial charge >= 0.3 is 0 Å². The van der Waals surface area contributed by atoms with Crippen LogP contribution in [0.5, 0.6) is 0 Å². The van der Waals surface area contributed by atoms with E-state index in [9.17, 15) is 0 Å². The minimum absolute atomic E-state index is 0.799. The normalized spacial score (nSPS) is 12.3. The molecule has 35 heavy (non-hydrogen) atoms. The van der Waals surface area contributed by atoms with Crippen molar-refractivity contribution in [1.29, 1.82) is 0 Å². The number of hydrogen-bond acceptors (Lipinski definition) is 3. The van der Waals surface area contributed by atoms with Crippen LogP contribution in [0.25, 0.3) is 0 Å². The molecule has 3 heteroatoms. The molecule has 0 unspecified atom stereocenters. The van der Waals surface area contributed by atoms with Gasteiger partial charge in [-0.25, -0.2) is 0 Å². The van der Waals surface area contributed by atoms with Crippen LogP contribution in [0.4, 0.5) is 0 Å². The summed E-state index contributed by atoms with van der Waals surface area (Å²) in [6, 6.07) is 0. The summed E-state index contributed by atoms with van der Waals surface area (Å²) in [4.78, 5) is 9.08. The maximum atomic E-state index is 4.54. The van der Waals surface area contributed by atoms with Crippen molar-refractivity contribution in [2.24, 2.45) is 21.8 Å². The summed E-state index contributed by atoms with van der Waals surface area (Å²) in [5, 5.41) is 3.65. The predicted molar refractivity (Wildman–Crippen MR) is 162 cm³/mol.